The van der Waals surface area contributed by atoms with Crippen molar-refractivity contribution in [1.82, 2.24) is 0 Å². The molecule has 0 radical (unpaired) electrons. The van der Waals surface area contributed by atoms with Crippen LogP contribution in [0.3, 0.4) is 0 Å². The lowest BCUT2D eigenvalue weighted by atomic mass is 9.97. The van der Waals surface area contributed by atoms with E-state index in [0.717, 1.165) is 33.2 Å². The monoisotopic (exact) mass is 397 g/mol. The number of hydrogen-bond acceptors (Lipinski definition) is 6. The molecule has 3 aromatic rings. The van der Waals surface area contributed by atoms with Crippen LogP contribution in [0.4, 0.5) is 0 Å². The molecule has 6 nitrogen and oxygen atoms in total. The molecular weight excluding hydrogens is 370 g/mol. The number of furan rings is 1. The minimum absolute atomic E-state index is 0.129. The fourth-order valence-electron chi connectivity index (χ4n) is 3.38. The lowest BCUT2D eigenvalue weighted by molar-refractivity contribution is -0.147. The van der Waals surface area contributed by atoms with Crippen molar-refractivity contribution in [3.8, 4) is 11.1 Å². The van der Waals surface area contributed by atoms with E-state index in [1.807, 2.05) is 42.5 Å². The number of aliphatic hydroxyl groups is 1. The van der Waals surface area contributed by atoms with E-state index in [1.165, 1.54) is 0 Å². The summed E-state index contributed by atoms with van der Waals surface area (Å²) in [5.41, 5.74) is 10.3. The lowest BCUT2D eigenvalue weighted by Crippen LogP contribution is -2.21. The van der Waals surface area contributed by atoms with Gasteiger partial charge >= 0.3 is 5.97 Å². The molecule has 2 unspecified atom stereocenters. The number of rotatable bonds is 9. The number of fused-ring (bicyclic) bond motifs is 1. The Morgan fingerprint density at radius 3 is 2.79 bits per heavy atom. The van der Waals surface area contributed by atoms with Crippen molar-refractivity contribution in [3.63, 3.8) is 0 Å². The van der Waals surface area contributed by atoms with Crippen LogP contribution in [0.1, 0.15) is 37.5 Å². The highest BCUT2D eigenvalue weighted by atomic mass is 16.5. The summed E-state index contributed by atoms with van der Waals surface area (Å²) in [5.74, 6) is -0.318. The topological polar surface area (TPSA) is 94.9 Å². The molecule has 0 aliphatic heterocycles. The summed E-state index contributed by atoms with van der Waals surface area (Å²) in [6.07, 6.45) is 0.803. The van der Waals surface area contributed by atoms with Gasteiger partial charge < -0.3 is 24.7 Å². The maximum Gasteiger partial charge on any atom is 0.308 e. The van der Waals surface area contributed by atoms with Gasteiger partial charge in [-0.1, -0.05) is 18.2 Å². The van der Waals surface area contributed by atoms with Crippen LogP contribution in [0, 0.1) is 0 Å². The highest BCUT2D eigenvalue weighted by Gasteiger charge is 2.20. The molecular formula is C23H27NO5. The molecule has 0 saturated heterocycles. The number of ether oxygens (including phenoxy) is 2. The van der Waals surface area contributed by atoms with Gasteiger partial charge in [-0.05, 0) is 54.8 Å². The molecule has 1 aromatic heterocycles. The first-order valence-electron chi connectivity index (χ1n) is 9.78. The average molecular weight is 397 g/mol. The third kappa shape index (κ3) is 5.03. The van der Waals surface area contributed by atoms with Gasteiger partial charge in [-0.2, -0.15) is 0 Å². The van der Waals surface area contributed by atoms with E-state index in [0.29, 0.717) is 13.2 Å². The molecule has 0 aliphatic rings. The van der Waals surface area contributed by atoms with Gasteiger partial charge in [0, 0.05) is 17.5 Å². The van der Waals surface area contributed by atoms with Gasteiger partial charge in [-0.15, -0.1) is 0 Å². The van der Waals surface area contributed by atoms with E-state index in [9.17, 15) is 9.90 Å². The van der Waals surface area contributed by atoms with Crippen molar-refractivity contribution < 1.29 is 23.8 Å². The molecule has 1 heterocycles. The van der Waals surface area contributed by atoms with Crippen molar-refractivity contribution in [2.24, 2.45) is 5.73 Å². The molecule has 0 aliphatic carbocycles. The van der Waals surface area contributed by atoms with Gasteiger partial charge in [-0.3, -0.25) is 4.79 Å². The minimum Gasteiger partial charge on any atom is -0.466 e. The highest BCUT2D eigenvalue weighted by molar-refractivity contribution is 5.93. The van der Waals surface area contributed by atoms with Gasteiger partial charge in [0.15, 0.2) is 0 Å². The quantitative estimate of drug-likeness (QED) is 0.531. The summed E-state index contributed by atoms with van der Waals surface area (Å²) in [6, 6.07) is 13.7. The molecule has 0 spiro atoms. The van der Waals surface area contributed by atoms with Crippen molar-refractivity contribution in [2.45, 2.75) is 39.0 Å². The van der Waals surface area contributed by atoms with E-state index < -0.39 is 12.2 Å². The maximum absolute atomic E-state index is 11.7. The first-order valence-corrected chi connectivity index (χ1v) is 9.78. The predicted molar refractivity (Wildman–Crippen MR) is 111 cm³/mol. The number of carbonyl (C=O) groups is 1. The van der Waals surface area contributed by atoms with E-state index in [1.54, 1.807) is 20.1 Å². The number of nitrogens with two attached hydrogens (primary N) is 1. The predicted octanol–water partition coefficient (Wildman–Crippen LogP) is 3.95. The normalized spacial score (nSPS) is 13.4. The van der Waals surface area contributed by atoms with Crippen LogP contribution in [0.5, 0.6) is 0 Å². The summed E-state index contributed by atoms with van der Waals surface area (Å²) in [4.78, 5) is 11.7. The zero-order valence-electron chi connectivity index (χ0n) is 16.8. The molecule has 29 heavy (non-hydrogen) atoms. The van der Waals surface area contributed by atoms with Gasteiger partial charge in [0.2, 0.25) is 0 Å². The number of hydrogen-bond donors (Lipinski definition) is 2. The molecule has 0 bridgehead atoms. The van der Waals surface area contributed by atoms with E-state index in [4.69, 9.17) is 19.6 Å². The molecule has 3 N–H and O–H groups in total. The van der Waals surface area contributed by atoms with E-state index in [-0.39, 0.29) is 19.0 Å². The molecule has 0 saturated carbocycles. The molecule has 154 valence electrons. The SMILES string of the molecule is CCOC(=O)CC(C)OC(CO)c1cc(-c2cccc(CN)c2)c2occc2c1. The van der Waals surface area contributed by atoms with Gasteiger partial charge in [0.1, 0.15) is 11.7 Å². The summed E-state index contributed by atoms with van der Waals surface area (Å²) in [7, 11) is 0. The van der Waals surface area contributed by atoms with Crippen LogP contribution in [0.2, 0.25) is 0 Å². The van der Waals surface area contributed by atoms with Crippen LogP contribution in [-0.4, -0.2) is 30.4 Å². The van der Waals surface area contributed by atoms with Crippen molar-refractivity contribution in [2.75, 3.05) is 13.2 Å². The first kappa shape index (κ1) is 21.0. The zero-order valence-corrected chi connectivity index (χ0v) is 16.8. The summed E-state index contributed by atoms with van der Waals surface area (Å²) in [6.45, 7) is 4.13. The first-order chi connectivity index (χ1) is 14.0. The Kier molecular flexibility index (Phi) is 7.04. The molecule has 0 fully saturated rings. The van der Waals surface area contributed by atoms with Crippen LogP contribution in [0.25, 0.3) is 22.1 Å². The Labute approximate surface area is 170 Å². The maximum atomic E-state index is 11.7. The summed E-state index contributed by atoms with van der Waals surface area (Å²) < 4.78 is 16.6. The lowest BCUT2D eigenvalue weighted by Gasteiger charge is -2.21. The summed E-state index contributed by atoms with van der Waals surface area (Å²) in [5, 5.41) is 10.9. The fraction of sp³-hybridized carbons (Fsp3) is 0.348. The van der Waals surface area contributed by atoms with Crippen LogP contribution >= 0.6 is 0 Å². The average Bonchev–Trinajstić information content (AvgIpc) is 3.20. The fourth-order valence-corrected chi connectivity index (χ4v) is 3.38. The largest absolute Gasteiger partial charge is 0.466 e. The second-order valence-corrected chi connectivity index (χ2v) is 6.94. The van der Waals surface area contributed by atoms with Crippen LogP contribution < -0.4 is 5.73 Å². The van der Waals surface area contributed by atoms with Crippen molar-refractivity contribution >= 4 is 16.9 Å². The van der Waals surface area contributed by atoms with E-state index >= 15 is 0 Å². The van der Waals surface area contributed by atoms with Gasteiger partial charge in [0.25, 0.3) is 0 Å². The van der Waals surface area contributed by atoms with Crippen molar-refractivity contribution in [1.29, 1.82) is 0 Å². The number of aliphatic hydroxyl groups excluding tert-OH is 1. The van der Waals surface area contributed by atoms with Gasteiger partial charge in [-0.25, -0.2) is 0 Å². The molecule has 3 rings (SSSR count). The Morgan fingerprint density at radius 1 is 1.24 bits per heavy atom. The third-order valence-electron chi connectivity index (χ3n) is 4.74. The molecule has 0 amide bonds. The smallest absolute Gasteiger partial charge is 0.308 e. The Balaban J connectivity index is 1.93. The van der Waals surface area contributed by atoms with Crippen molar-refractivity contribution in [3.05, 3.63) is 59.9 Å². The Bertz CT molecular complexity index is 965. The molecule has 6 heteroatoms. The molecule has 2 atom stereocenters. The standard InChI is InChI=1S/C23H27NO5/c1-3-27-22(26)9-15(2)29-21(14-25)19-11-18-7-8-28-23(18)20(12-19)17-6-4-5-16(10-17)13-24/h4-8,10-12,15,21,25H,3,9,13-14,24H2,1-2H3. The zero-order chi connectivity index (χ0) is 20.8. The van der Waals surface area contributed by atoms with Crippen LogP contribution in [-0.2, 0) is 20.8 Å². The minimum atomic E-state index is -0.574. The molecule has 2 aromatic carbocycles. The number of benzene rings is 2. The summed E-state index contributed by atoms with van der Waals surface area (Å²) >= 11 is 0. The number of carbonyl (C=O) groups excluding carboxylic acids is 1. The number of esters is 1. The Hall–Kier alpha value is -2.67. The van der Waals surface area contributed by atoms with Gasteiger partial charge in [0.05, 0.1) is 32.0 Å². The highest BCUT2D eigenvalue weighted by Crippen LogP contribution is 2.34. The third-order valence-corrected chi connectivity index (χ3v) is 4.74. The van der Waals surface area contributed by atoms with Crippen LogP contribution in [0.15, 0.2) is 53.1 Å². The second-order valence-electron chi connectivity index (χ2n) is 6.94. The second kappa shape index (κ2) is 9.69. The van der Waals surface area contributed by atoms with E-state index in [2.05, 4.69) is 0 Å². The Morgan fingerprint density at radius 2 is 2.07 bits per heavy atom.